The van der Waals surface area contributed by atoms with E-state index in [9.17, 15) is 13.6 Å². The molecule has 0 aromatic heterocycles. The maximum absolute atomic E-state index is 12.2. The molecule has 1 aromatic rings. The van der Waals surface area contributed by atoms with Gasteiger partial charge in [0, 0.05) is 37.4 Å². The third kappa shape index (κ3) is 4.18. The van der Waals surface area contributed by atoms with Gasteiger partial charge in [-0.25, -0.2) is 4.79 Å². The minimum absolute atomic E-state index is 0.0369. The summed E-state index contributed by atoms with van der Waals surface area (Å²) in [7, 11) is 0. The van der Waals surface area contributed by atoms with Crippen molar-refractivity contribution in [1.82, 2.24) is 4.90 Å². The van der Waals surface area contributed by atoms with Crippen LogP contribution in [-0.4, -0.2) is 42.3 Å². The van der Waals surface area contributed by atoms with Gasteiger partial charge in [-0.3, -0.25) is 0 Å². The number of nitrogens with zero attached hydrogens (tertiary/aromatic N) is 1. The fourth-order valence-corrected chi connectivity index (χ4v) is 2.30. The van der Waals surface area contributed by atoms with Crippen molar-refractivity contribution in [3.63, 3.8) is 0 Å². The highest BCUT2D eigenvalue weighted by molar-refractivity contribution is 6.32. The Morgan fingerprint density at radius 2 is 2.33 bits per heavy atom. The van der Waals surface area contributed by atoms with E-state index in [2.05, 4.69) is 10.1 Å². The minimum atomic E-state index is -2.99. The second-order valence-electron chi connectivity index (χ2n) is 4.74. The Morgan fingerprint density at radius 1 is 1.57 bits per heavy atom. The van der Waals surface area contributed by atoms with Crippen molar-refractivity contribution in [3.8, 4) is 5.75 Å². The summed E-state index contributed by atoms with van der Waals surface area (Å²) in [5, 5.41) is 11.7. The van der Waals surface area contributed by atoms with Crippen molar-refractivity contribution in [3.05, 3.63) is 23.2 Å². The number of aliphatic hydroxyl groups excluding tert-OH is 1. The van der Waals surface area contributed by atoms with Crippen LogP contribution in [0.15, 0.2) is 18.2 Å². The third-order valence-electron chi connectivity index (χ3n) is 3.23. The summed E-state index contributed by atoms with van der Waals surface area (Å²) in [6.45, 7) is -1.93. The highest BCUT2D eigenvalue weighted by Crippen LogP contribution is 2.29. The van der Waals surface area contributed by atoms with Gasteiger partial charge in [0.05, 0.1) is 5.02 Å². The number of carbonyl (C=O) groups excluding carboxylic acids is 1. The lowest BCUT2D eigenvalue weighted by molar-refractivity contribution is -0.0497. The van der Waals surface area contributed by atoms with Crippen LogP contribution < -0.4 is 10.1 Å². The Bertz CT molecular complexity index is 516. The van der Waals surface area contributed by atoms with E-state index in [1.165, 1.54) is 18.2 Å². The molecule has 0 radical (unpaired) electrons. The molecule has 1 fully saturated rings. The van der Waals surface area contributed by atoms with Gasteiger partial charge in [0.2, 0.25) is 0 Å². The first-order valence-corrected chi connectivity index (χ1v) is 6.78. The molecule has 1 heterocycles. The lowest BCUT2D eigenvalue weighted by Crippen LogP contribution is -2.33. The average Bonchev–Trinajstić information content (AvgIpc) is 2.91. The fourth-order valence-electron chi connectivity index (χ4n) is 2.14. The number of rotatable bonds is 4. The molecule has 1 saturated heterocycles. The highest BCUT2D eigenvalue weighted by atomic mass is 35.5. The fraction of sp³-hybridized carbons (Fsp3) is 0.462. The zero-order valence-electron chi connectivity index (χ0n) is 11.1. The zero-order chi connectivity index (χ0) is 15.4. The van der Waals surface area contributed by atoms with Gasteiger partial charge in [0.15, 0.2) is 0 Å². The monoisotopic (exact) mass is 320 g/mol. The molecule has 2 rings (SSSR count). The van der Waals surface area contributed by atoms with E-state index < -0.39 is 6.61 Å². The van der Waals surface area contributed by atoms with E-state index in [1.807, 2.05) is 0 Å². The number of carbonyl (C=O) groups is 1. The number of anilines is 1. The summed E-state index contributed by atoms with van der Waals surface area (Å²) < 4.78 is 28.7. The van der Waals surface area contributed by atoms with Gasteiger partial charge in [0.25, 0.3) is 0 Å². The molecule has 0 aliphatic carbocycles. The molecule has 1 aromatic carbocycles. The van der Waals surface area contributed by atoms with Crippen LogP contribution in [0.5, 0.6) is 5.75 Å². The van der Waals surface area contributed by atoms with Crippen molar-refractivity contribution < 1.29 is 23.4 Å². The quantitative estimate of drug-likeness (QED) is 0.896. The number of urea groups is 1. The summed E-state index contributed by atoms with van der Waals surface area (Å²) in [6.07, 6.45) is 0.740. The van der Waals surface area contributed by atoms with Crippen LogP contribution in [0.1, 0.15) is 6.42 Å². The summed E-state index contributed by atoms with van der Waals surface area (Å²) in [6, 6.07) is 3.76. The topological polar surface area (TPSA) is 61.8 Å². The Balaban J connectivity index is 2.01. The number of halogens is 3. The molecule has 1 aliphatic heterocycles. The van der Waals surface area contributed by atoms with E-state index in [0.29, 0.717) is 18.8 Å². The van der Waals surface area contributed by atoms with Crippen molar-refractivity contribution in [2.75, 3.05) is 25.0 Å². The molecular formula is C13H15ClF2N2O3. The highest BCUT2D eigenvalue weighted by Gasteiger charge is 2.25. The normalized spacial score (nSPS) is 18.1. The zero-order valence-corrected chi connectivity index (χ0v) is 11.8. The maximum Gasteiger partial charge on any atom is 0.387 e. The summed E-state index contributed by atoms with van der Waals surface area (Å²) in [5.41, 5.74) is 0.312. The first kappa shape index (κ1) is 15.8. The van der Waals surface area contributed by atoms with Crippen molar-refractivity contribution in [2.45, 2.75) is 13.0 Å². The van der Waals surface area contributed by atoms with Crippen LogP contribution >= 0.6 is 11.6 Å². The first-order valence-electron chi connectivity index (χ1n) is 6.40. The van der Waals surface area contributed by atoms with Crippen molar-refractivity contribution in [1.29, 1.82) is 0 Å². The van der Waals surface area contributed by atoms with Gasteiger partial charge in [-0.1, -0.05) is 11.6 Å². The minimum Gasteiger partial charge on any atom is -0.433 e. The lowest BCUT2D eigenvalue weighted by atomic mass is 10.1. The van der Waals surface area contributed by atoms with Gasteiger partial charge in [-0.05, 0) is 18.6 Å². The van der Waals surface area contributed by atoms with Crippen LogP contribution in [0.25, 0.3) is 0 Å². The van der Waals surface area contributed by atoms with Crippen molar-refractivity contribution >= 4 is 23.3 Å². The molecule has 0 bridgehead atoms. The number of hydrogen-bond acceptors (Lipinski definition) is 3. The molecule has 2 N–H and O–H groups in total. The van der Waals surface area contributed by atoms with E-state index >= 15 is 0 Å². The standard InChI is InChI=1S/C13H15ClF2N2O3/c14-10-2-1-9(5-11(10)21-12(15)16)17-13(20)18-4-3-8(6-18)7-19/h1-2,5,8,12,19H,3-4,6-7H2,(H,17,20). The van der Waals surface area contributed by atoms with Gasteiger partial charge in [-0.15, -0.1) is 0 Å². The van der Waals surface area contributed by atoms with Crippen LogP contribution in [0, 0.1) is 5.92 Å². The number of amides is 2. The molecule has 21 heavy (non-hydrogen) atoms. The number of hydrogen-bond donors (Lipinski definition) is 2. The predicted octanol–water partition coefficient (Wildman–Crippen LogP) is 2.79. The van der Waals surface area contributed by atoms with Crippen LogP contribution in [0.2, 0.25) is 5.02 Å². The second-order valence-corrected chi connectivity index (χ2v) is 5.14. The number of nitrogens with one attached hydrogen (secondary N) is 1. The summed E-state index contributed by atoms with van der Waals surface area (Å²) in [5.74, 6) is -0.113. The largest absolute Gasteiger partial charge is 0.433 e. The first-order chi connectivity index (χ1) is 9.99. The summed E-state index contributed by atoms with van der Waals surface area (Å²) in [4.78, 5) is 13.6. The molecular weight excluding hydrogens is 306 g/mol. The second kappa shape index (κ2) is 6.91. The predicted molar refractivity (Wildman–Crippen MR) is 73.9 cm³/mol. The Labute approximate surface area is 125 Å². The van der Waals surface area contributed by atoms with Crippen LogP contribution in [0.3, 0.4) is 0 Å². The number of likely N-dealkylation sites (tertiary alicyclic amines) is 1. The third-order valence-corrected chi connectivity index (χ3v) is 3.54. The molecule has 2 amide bonds. The van der Waals surface area contributed by atoms with Gasteiger partial charge < -0.3 is 20.1 Å². The molecule has 0 spiro atoms. The molecule has 8 heteroatoms. The number of aliphatic hydroxyl groups is 1. The van der Waals surface area contributed by atoms with E-state index in [1.54, 1.807) is 4.90 Å². The number of ether oxygens (including phenoxy) is 1. The Morgan fingerprint density at radius 3 is 2.95 bits per heavy atom. The molecule has 1 atom stereocenters. The SMILES string of the molecule is O=C(Nc1ccc(Cl)c(OC(F)F)c1)N1CCC(CO)C1. The van der Waals surface area contributed by atoms with Crippen molar-refractivity contribution in [2.24, 2.45) is 5.92 Å². The molecule has 1 unspecified atom stereocenters. The van der Waals surface area contributed by atoms with Crippen LogP contribution in [-0.2, 0) is 0 Å². The van der Waals surface area contributed by atoms with Gasteiger partial charge >= 0.3 is 12.6 Å². The van der Waals surface area contributed by atoms with E-state index in [-0.39, 0.29) is 29.3 Å². The van der Waals surface area contributed by atoms with Crippen LogP contribution in [0.4, 0.5) is 19.3 Å². The number of alkyl halides is 2. The average molecular weight is 321 g/mol. The van der Waals surface area contributed by atoms with E-state index in [4.69, 9.17) is 16.7 Å². The maximum atomic E-state index is 12.2. The molecule has 1 aliphatic rings. The summed E-state index contributed by atoms with van der Waals surface area (Å²) >= 11 is 5.73. The Kier molecular flexibility index (Phi) is 5.19. The van der Waals surface area contributed by atoms with E-state index in [0.717, 1.165) is 6.42 Å². The van der Waals surface area contributed by atoms with Gasteiger partial charge in [0.1, 0.15) is 5.75 Å². The molecule has 0 saturated carbocycles. The van der Waals surface area contributed by atoms with Gasteiger partial charge in [-0.2, -0.15) is 8.78 Å². The molecule has 116 valence electrons. The smallest absolute Gasteiger partial charge is 0.387 e. The molecule has 5 nitrogen and oxygen atoms in total. The number of benzene rings is 1. The lowest BCUT2D eigenvalue weighted by Gasteiger charge is -2.17. The Hall–Kier alpha value is -1.60.